The molecule has 1 aromatic heterocycles. The van der Waals surface area contributed by atoms with Crippen molar-refractivity contribution in [3.05, 3.63) is 30.0 Å². The Morgan fingerprint density at radius 2 is 2.16 bits per heavy atom. The van der Waals surface area contributed by atoms with Gasteiger partial charge in [0.1, 0.15) is 22.8 Å². The van der Waals surface area contributed by atoms with Gasteiger partial charge in [0.2, 0.25) is 5.95 Å². The number of hydrogen-bond donors (Lipinski definition) is 5. The van der Waals surface area contributed by atoms with E-state index in [1.54, 1.807) is 25.3 Å². The van der Waals surface area contributed by atoms with E-state index in [0.29, 0.717) is 40.9 Å². The second-order valence-electron chi connectivity index (χ2n) is 7.43. The van der Waals surface area contributed by atoms with Crippen LogP contribution >= 0.6 is 0 Å². The molecule has 0 saturated heterocycles. The van der Waals surface area contributed by atoms with Crippen molar-refractivity contribution in [2.24, 2.45) is 16.8 Å². The van der Waals surface area contributed by atoms with Crippen LogP contribution in [0.3, 0.4) is 0 Å². The lowest BCUT2D eigenvalue weighted by molar-refractivity contribution is 0.100. The van der Waals surface area contributed by atoms with Crippen LogP contribution in [0, 0.1) is 11.3 Å². The zero-order chi connectivity index (χ0) is 22.2. The average molecular weight is 425 g/mol. The molecule has 0 unspecified atom stereocenters. The smallest absolute Gasteiger partial charge is 0.254 e. The zero-order valence-corrected chi connectivity index (χ0v) is 17.7. The summed E-state index contributed by atoms with van der Waals surface area (Å²) in [4.78, 5) is 20.7. The number of primary amides is 1. The van der Waals surface area contributed by atoms with Crippen LogP contribution in [-0.4, -0.2) is 41.5 Å². The molecule has 31 heavy (non-hydrogen) atoms. The van der Waals surface area contributed by atoms with Crippen molar-refractivity contribution in [2.75, 3.05) is 23.2 Å². The van der Waals surface area contributed by atoms with Crippen LogP contribution in [0.5, 0.6) is 5.75 Å². The Bertz CT molecular complexity index is 962. The van der Waals surface area contributed by atoms with Gasteiger partial charge in [-0.15, -0.1) is 0 Å². The summed E-state index contributed by atoms with van der Waals surface area (Å²) < 4.78 is 5.33. The van der Waals surface area contributed by atoms with Crippen molar-refractivity contribution in [3.8, 4) is 5.75 Å². The van der Waals surface area contributed by atoms with E-state index in [1.807, 2.05) is 0 Å². The number of ether oxygens (including phenoxy) is 1. The van der Waals surface area contributed by atoms with Gasteiger partial charge in [-0.1, -0.05) is 19.8 Å². The number of benzene rings is 1. The van der Waals surface area contributed by atoms with Crippen molar-refractivity contribution in [2.45, 2.75) is 38.6 Å². The monoisotopic (exact) mass is 424 g/mol. The minimum absolute atomic E-state index is 0.189. The van der Waals surface area contributed by atoms with Crippen LogP contribution in [0.4, 0.5) is 23.1 Å². The maximum Gasteiger partial charge on any atom is 0.254 e. The number of carbonyl (C=O) groups is 1. The van der Waals surface area contributed by atoms with Gasteiger partial charge in [-0.05, 0) is 37.0 Å². The molecular weight excluding hydrogens is 396 g/mol. The topological polar surface area (TPSA) is 150 Å². The van der Waals surface area contributed by atoms with E-state index in [9.17, 15) is 4.79 Å². The number of hydrogen-bond acceptors (Lipinski definition) is 9. The molecule has 0 aliphatic heterocycles. The lowest BCUT2D eigenvalue weighted by atomic mass is 9.86. The molecule has 0 bridgehead atoms. The van der Waals surface area contributed by atoms with Gasteiger partial charge in [0.05, 0.1) is 13.3 Å². The van der Waals surface area contributed by atoms with E-state index >= 15 is 0 Å². The molecule has 1 aromatic carbocycles. The molecule has 1 amide bonds. The summed E-state index contributed by atoms with van der Waals surface area (Å²) in [5.41, 5.74) is 9.76. The first-order valence-electron chi connectivity index (χ1n) is 10.2. The molecule has 10 heteroatoms. The van der Waals surface area contributed by atoms with Crippen molar-refractivity contribution in [1.82, 2.24) is 9.97 Å². The molecule has 1 saturated carbocycles. The molecule has 1 heterocycles. The van der Waals surface area contributed by atoms with E-state index in [2.05, 4.69) is 38.1 Å². The predicted molar refractivity (Wildman–Crippen MR) is 123 cm³/mol. The molecule has 1 aliphatic rings. The highest BCUT2D eigenvalue weighted by Crippen LogP contribution is 2.30. The fourth-order valence-electron chi connectivity index (χ4n) is 3.58. The Morgan fingerprint density at radius 1 is 1.35 bits per heavy atom. The van der Waals surface area contributed by atoms with Crippen molar-refractivity contribution < 1.29 is 9.53 Å². The van der Waals surface area contributed by atoms with Gasteiger partial charge < -0.3 is 26.5 Å². The number of amides is 1. The van der Waals surface area contributed by atoms with Gasteiger partial charge in [-0.3, -0.25) is 10.2 Å². The highest BCUT2D eigenvalue weighted by molar-refractivity contribution is 6.14. The number of anilines is 4. The zero-order valence-electron chi connectivity index (χ0n) is 17.7. The van der Waals surface area contributed by atoms with Crippen LogP contribution in [0.15, 0.2) is 29.5 Å². The number of methoxy groups -OCH3 is 1. The van der Waals surface area contributed by atoms with Gasteiger partial charge in [0.15, 0.2) is 0 Å². The van der Waals surface area contributed by atoms with Crippen LogP contribution in [0.1, 0.15) is 43.0 Å². The Hall–Kier alpha value is -3.69. The third kappa shape index (κ3) is 5.68. The second-order valence-corrected chi connectivity index (χ2v) is 7.43. The lowest BCUT2D eigenvalue weighted by Crippen LogP contribution is -2.31. The fourth-order valence-corrected chi connectivity index (χ4v) is 3.58. The lowest BCUT2D eigenvalue weighted by Gasteiger charge is -2.29. The van der Waals surface area contributed by atoms with Crippen molar-refractivity contribution in [1.29, 1.82) is 5.41 Å². The Balaban J connectivity index is 1.86. The number of carbonyl (C=O) groups excluding carboxylic acids is 1. The Labute approximate surface area is 181 Å². The van der Waals surface area contributed by atoms with Gasteiger partial charge in [-0.2, -0.15) is 10.1 Å². The number of aromatic nitrogens is 2. The third-order valence-corrected chi connectivity index (χ3v) is 5.28. The Morgan fingerprint density at radius 3 is 2.87 bits per heavy atom. The summed E-state index contributed by atoms with van der Waals surface area (Å²) in [5.74, 6) is 1.24. The van der Waals surface area contributed by atoms with E-state index < -0.39 is 5.91 Å². The first kappa shape index (κ1) is 22.0. The number of nitrogens with two attached hydrogens (primary N) is 1. The number of hydrazone groups is 1. The molecule has 6 N–H and O–H groups in total. The highest BCUT2D eigenvalue weighted by atomic mass is 16.5. The average Bonchev–Trinajstić information content (AvgIpc) is 2.76. The van der Waals surface area contributed by atoms with E-state index in [-0.39, 0.29) is 5.56 Å². The molecule has 0 spiro atoms. The SMILES string of the molecule is COc1ccc(Nc2nc(N[C@@H]3CCCC[C@@H]3C)ncc2C(N)=O)cc1N/N=C\C=N. The molecule has 1 aliphatic carbocycles. The van der Waals surface area contributed by atoms with Crippen molar-refractivity contribution in [3.63, 3.8) is 0 Å². The van der Waals surface area contributed by atoms with E-state index in [0.717, 1.165) is 12.6 Å². The summed E-state index contributed by atoms with van der Waals surface area (Å²) in [5, 5.41) is 17.5. The van der Waals surface area contributed by atoms with Crippen LogP contribution in [-0.2, 0) is 0 Å². The predicted octanol–water partition coefficient (Wildman–Crippen LogP) is 3.37. The first-order valence-corrected chi connectivity index (χ1v) is 10.2. The normalized spacial score (nSPS) is 18.4. The third-order valence-electron chi connectivity index (χ3n) is 5.28. The van der Waals surface area contributed by atoms with Gasteiger partial charge in [-0.25, -0.2) is 4.98 Å². The quantitative estimate of drug-likeness (QED) is 0.306. The van der Waals surface area contributed by atoms with Crippen LogP contribution in [0.2, 0.25) is 0 Å². The van der Waals surface area contributed by atoms with Crippen molar-refractivity contribution >= 4 is 41.5 Å². The number of nitrogens with zero attached hydrogens (tertiary/aromatic N) is 3. The van der Waals surface area contributed by atoms with E-state index in [4.69, 9.17) is 15.9 Å². The minimum atomic E-state index is -0.623. The number of rotatable bonds is 9. The maximum absolute atomic E-state index is 11.9. The molecule has 2 atom stereocenters. The molecule has 1 fully saturated rings. The summed E-state index contributed by atoms with van der Waals surface area (Å²) in [6.07, 6.45) is 8.45. The van der Waals surface area contributed by atoms with E-state index in [1.165, 1.54) is 31.7 Å². The standard InChI is InChI=1S/C21H28N8O2/c1-13-5-3-4-6-16(13)27-21-24-12-15(19(23)30)20(28-21)26-14-7-8-18(31-2)17(11-14)29-25-10-9-22/h7-13,16,22,29H,3-6H2,1-2H3,(H2,23,30)(H2,24,26,27,28)/b22-9?,25-10-/t13-,16+/m0/s1. The Kier molecular flexibility index (Phi) is 7.36. The summed E-state index contributed by atoms with van der Waals surface area (Å²) in [6.45, 7) is 2.22. The highest BCUT2D eigenvalue weighted by Gasteiger charge is 2.22. The van der Waals surface area contributed by atoms with Crippen LogP contribution < -0.4 is 26.5 Å². The molecule has 2 aromatic rings. The molecule has 10 nitrogen and oxygen atoms in total. The largest absolute Gasteiger partial charge is 0.495 e. The maximum atomic E-state index is 11.9. The minimum Gasteiger partial charge on any atom is -0.495 e. The second kappa shape index (κ2) is 10.4. The van der Waals surface area contributed by atoms with Gasteiger partial charge in [0.25, 0.3) is 5.91 Å². The van der Waals surface area contributed by atoms with Crippen LogP contribution in [0.25, 0.3) is 0 Å². The molecule has 164 valence electrons. The molecular formula is C21H28N8O2. The summed E-state index contributed by atoms with van der Waals surface area (Å²) >= 11 is 0. The number of nitrogens with one attached hydrogen (secondary N) is 4. The van der Waals surface area contributed by atoms with Gasteiger partial charge >= 0.3 is 0 Å². The fraction of sp³-hybridized carbons (Fsp3) is 0.381. The van der Waals surface area contributed by atoms with Gasteiger partial charge in [0, 0.05) is 24.1 Å². The first-order chi connectivity index (χ1) is 15.0. The molecule has 0 radical (unpaired) electrons. The summed E-state index contributed by atoms with van der Waals surface area (Å²) in [7, 11) is 1.55. The summed E-state index contributed by atoms with van der Waals surface area (Å²) in [6, 6.07) is 5.58. The molecule has 3 rings (SSSR count).